The molecule has 0 saturated heterocycles. The van der Waals surface area contributed by atoms with Crippen LogP contribution < -0.4 is 15.8 Å². The van der Waals surface area contributed by atoms with Gasteiger partial charge in [-0.2, -0.15) is 0 Å². The Hall–Kier alpha value is -3.05. The molecule has 1 heterocycles. The number of aromatic nitrogens is 1. The summed E-state index contributed by atoms with van der Waals surface area (Å²) in [6.45, 7) is 0.347. The number of nitrogen functional groups attached to an aromatic ring is 1. The summed E-state index contributed by atoms with van der Waals surface area (Å²) in [4.78, 5) is 16.1. The number of carbonyl (C=O) groups is 1. The number of carbonyl (C=O) groups excluding carboxylic acids is 1. The van der Waals surface area contributed by atoms with Gasteiger partial charge in [-0.3, -0.25) is 4.79 Å². The van der Waals surface area contributed by atoms with Crippen molar-refractivity contribution in [2.24, 2.45) is 0 Å². The topological polar surface area (TPSA) is 77.2 Å². The number of hydrogen-bond acceptors (Lipinski definition) is 4. The van der Waals surface area contributed by atoms with Crippen molar-refractivity contribution in [3.8, 4) is 11.5 Å². The van der Waals surface area contributed by atoms with E-state index in [0.29, 0.717) is 28.6 Å². The third-order valence-electron chi connectivity index (χ3n) is 3.47. The summed E-state index contributed by atoms with van der Waals surface area (Å²) in [6.07, 6.45) is 1.54. The van der Waals surface area contributed by atoms with Crippen molar-refractivity contribution < 1.29 is 9.53 Å². The Morgan fingerprint density at radius 3 is 2.60 bits per heavy atom. The first-order chi connectivity index (χ1) is 12.1. The van der Waals surface area contributed by atoms with Gasteiger partial charge < -0.3 is 15.8 Å². The van der Waals surface area contributed by atoms with Gasteiger partial charge in [0, 0.05) is 17.8 Å². The van der Waals surface area contributed by atoms with E-state index in [1.165, 1.54) is 0 Å². The molecule has 0 fully saturated rings. The highest BCUT2D eigenvalue weighted by Gasteiger charge is 2.09. The molecule has 1 aromatic heterocycles. The van der Waals surface area contributed by atoms with Gasteiger partial charge >= 0.3 is 0 Å². The molecule has 5 nitrogen and oxygen atoms in total. The molecule has 0 saturated carbocycles. The van der Waals surface area contributed by atoms with Gasteiger partial charge in [-0.05, 0) is 48.0 Å². The minimum Gasteiger partial charge on any atom is -0.457 e. The summed E-state index contributed by atoms with van der Waals surface area (Å²) >= 11 is 5.96. The highest BCUT2D eigenvalue weighted by molar-refractivity contribution is 6.30. The van der Waals surface area contributed by atoms with E-state index in [4.69, 9.17) is 22.1 Å². The van der Waals surface area contributed by atoms with E-state index in [2.05, 4.69) is 10.3 Å². The summed E-state index contributed by atoms with van der Waals surface area (Å²) in [7, 11) is 0. The monoisotopic (exact) mass is 353 g/mol. The average molecular weight is 354 g/mol. The van der Waals surface area contributed by atoms with Crippen molar-refractivity contribution in [1.29, 1.82) is 0 Å². The zero-order chi connectivity index (χ0) is 17.6. The first-order valence-corrected chi connectivity index (χ1v) is 8.00. The number of halogens is 1. The standard InChI is InChI=1S/C19H16ClN3O2/c20-14-5-2-7-16(11-14)25-15-6-1-4-13(10-15)12-23-19(24)17-8-3-9-22-18(17)21/h1-11H,12H2,(H2,21,22)(H,23,24). The van der Waals surface area contributed by atoms with Gasteiger partial charge in [-0.1, -0.05) is 29.8 Å². The molecule has 0 atom stereocenters. The fraction of sp³-hybridized carbons (Fsp3) is 0.0526. The third-order valence-corrected chi connectivity index (χ3v) is 3.70. The maximum absolute atomic E-state index is 12.2. The van der Waals surface area contributed by atoms with Gasteiger partial charge in [0.1, 0.15) is 17.3 Å². The second kappa shape index (κ2) is 7.68. The van der Waals surface area contributed by atoms with E-state index in [1.54, 1.807) is 30.5 Å². The smallest absolute Gasteiger partial charge is 0.255 e. The summed E-state index contributed by atoms with van der Waals surface area (Å²) in [5, 5.41) is 3.43. The van der Waals surface area contributed by atoms with Crippen molar-refractivity contribution in [2.45, 2.75) is 6.54 Å². The molecular weight excluding hydrogens is 338 g/mol. The molecule has 2 aromatic carbocycles. The number of hydrogen-bond donors (Lipinski definition) is 2. The summed E-state index contributed by atoms with van der Waals surface area (Å²) in [5.74, 6) is 1.25. The minimum atomic E-state index is -0.272. The SMILES string of the molecule is Nc1ncccc1C(=O)NCc1cccc(Oc2cccc(Cl)c2)c1. The number of nitrogens with one attached hydrogen (secondary N) is 1. The van der Waals surface area contributed by atoms with E-state index in [0.717, 1.165) is 5.56 Å². The van der Waals surface area contributed by atoms with Gasteiger partial charge in [0.15, 0.2) is 0 Å². The lowest BCUT2D eigenvalue weighted by Crippen LogP contribution is -2.24. The largest absolute Gasteiger partial charge is 0.457 e. The van der Waals surface area contributed by atoms with Crippen LogP contribution in [0.15, 0.2) is 66.9 Å². The predicted octanol–water partition coefficient (Wildman–Crippen LogP) is 4.04. The van der Waals surface area contributed by atoms with Crippen LogP contribution in [0.5, 0.6) is 11.5 Å². The Bertz CT molecular complexity index is 899. The number of anilines is 1. The number of nitrogens with two attached hydrogens (primary N) is 1. The molecular formula is C19H16ClN3O2. The summed E-state index contributed by atoms with van der Waals surface area (Å²) in [6, 6.07) is 17.9. The number of rotatable bonds is 5. The lowest BCUT2D eigenvalue weighted by molar-refractivity contribution is 0.0951. The number of benzene rings is 2. The van der Waals surface area contributed by atoms with Crippen molar-refractivity contribution >= 4 is 23.3 Å². The zero-order valence-electron chi connectivity index (χ0n) is 13.3. The van der Waals surface area contributed by atoms with Crippen LogP contribution in [-0.4, -0.2) is 10.9 Å². The lowest BCUT2D eigenvalue weighted by atomic mass is 10.2. The molecule has 0 aliphatic carbocycles. The molecule has 6 heteroatoms. The molecule has 0 bridgehead atoms. The van der Waals surface area contributed by atoms with E-state index in [9.17, 15) is 4.79 Å². The van der Waals surface area contributed by atoms with E-state index >= 15 is 0 Å². The molecule has 3 aromatic rings. The minimum absolute atomic E-state index is 0.207. The molecule has 0 aliphatic heterocycles. The van der Waals surface area contributed by atoms with Crippen LogP contribution >= 0.6 is 11.6 Å². The Labute approximate surface area is 150 Å². The van der Waals surface area contributed by atoms with Gasteiger partial charge in [-0.15, -0.1) is 0 Å². The number of ether oxygens (including phenoxy) is 1. The highest BCUT2D eigenvalue weighted by atomic mass is 35.5. The number of pyridine rings is 1. The van der Waals surface area contributed by atoms with Crippen LogP contribution in [0.25, 0.3) is 0 Å². The molecule has 0 radical (unpaired) electrons. The summed E-state index contributed by atoms with van der Waals surface area (Å²) < 4.78 is 5.78. The van der Waals surface area contributed by atoms with E-state index in [1.807, 2.05) is 36.4 Å². The van der Waals surface area contributed by atoms with Gasteiger partial charge in [0.2, 0.25) is 0 Å². The van der Waals surface area contributed by atoms with E-state index < -0.39 is 0 Å². The molecule has 3 rings (SSSR count). The van der Waals surface area contributed by atoms with E-state index in [-0.39, 0.29) is 11.7 Å². The first-order valence-electron chi connectivity index (χ1n) is 7.63. The maximum Gasteiger partial charge on any atom is 0.255 e. The van der Waals surface area contributed by atoms with Gasteiger partial charge in [0.25, 0.3) is 5.91 Å². The second-order valence-electron chi connectivity index (χ2n) is 5.33. The molecule has 0 aliphatic rings. The number of amides is 1. The quantitative estimate of drug-likeness (QED) is 0.725. The molecule has 3 N–H and O–H groups in total. The van der Waals surface area contributed by atoms with Gasteiger partial charge in [0.05, 0.1) is 5.56 Å². The molecule has 25 heavy (non-hydrogen) atoms. The first kappa shape index (κ1) is 16.8. The van der Waals surface area contributed by atoms with Crippen LogP contribution in [0.1, 0.15) is 15.9 Å². The normalized spacial score (nSPS) is 10.3. The fourth-order valence-electron chi connectivity index (χ4n) is 2.27. The van der Waals surface area contributed by atoms with Crippen molar-refractivity contribution in [3.63, 3.8) is 0 Å². The Morgan fingerprint density at radius 1 is 1.08 bits per heavy atom. The molecule has 0 spiro atoms. The Kier molecular flexibility index (Phi) is 5.16. The maximum atomic E-state index is 12.2. The second-order valence-corrected chi connectivity index (χ2v) is 5.76. The van der Waals surface area contributed by atoms with Gasteiger partial charge in [-0.25, -0.2) is 4.98 Å². The van der Waals surface area contributed by atoms with Crippen LogP contribution in [0.4, 0.5) is 5.82 Å². The van der Waals surface area contributed by atoms with Crippen LogP contribution in [0, 0.1) is 0 Å². The van der Waals surface area contributed by atoms with Crippen LogP contribution in [-0.2, 0) is 6.54 Å². The van der Waals surface area contributed by atoms with Crippen molar-refractivity contribution in [3.05, 3.63) is 83.0 Å². The summed E-state index contributed by atoms with van der Waals surface area (Å²) in [5.41, 5.74) is 6.96. The third kappa shape index (κ3) is 4.49. The van der Waals surface area contributed by atoms with Crippen molar-refractivity contribution in [2.75, 3.05) is 5.73 Å². The predicted molar refractivity (Wildman–Crippen MR) is 97.8 cm³/mol. The van der Waals surface area contributed by atoms with Crippen molar-refractivity contribution in [1.82, 2.24) is 10.3 Å². The molecule has 126 valence electrons. The fourth-order valence-corrected chi connectivity index (χ4v) is 2.45. The Balaban J connectivity index is 1.66. The number of nitrogens with zero attached hydrogens (tertiary/aromatic N) is 1. The zero-order valence-corrected chi connectivity index (χ0v) is 14.0. The van der Waals surface area contributed by atoms with Crippen LogP contribution in [0.2, 0.25) is 5.02 Å². The Morgan fingerprint density at radius 2 is 1.84 bits per heavy atom. The van der Waals surface area contributed by atoms with Crippen LogP contribution in [0.3, 0.4) is 0 Å². The lowest BCUT2D eigenvalue weighted by Gasteiger charge is -2.09. The average Bonchev–Trinajstić information content (AvgIpc) is 2.60. The molecule has 1 amide bonds. The molecule has 0 unspecified atom stereocenters. The highest BCUT2D eigenvalue weighted by Crippen LogP contribution is 2.24.